The largest absolute Gasteiger partial charge is 0.510 e. The fourth-order valence-corrected chi connectivity index (χ4v) is 5.93. The van der Waals surface area contributed by atoms with Gasteiger partial charge in [-0.3, -0.25) is 19.3 Å². The van der Waals surface area contributed by atoms with E-state index < -0.39 is 63.8 Å². The van der Waals surface area contributed by atoms with Crippen LogP contribution in [0, 0.1) is 11.8 Å². The van der Waals surface area contributed by atoms with E-state index in [0.29, 0.717) is 6.54 Å². The Balaban J connectivity index is 1.89. The summed E-state index contributed by atoms with van der Waals surface area (Å²) < 4.78 is 0. The van der Waals surface area contributed by atoms with E-state index in [1.807, 2.05) is 6.92 Å². The van der Waals surface area contributed by atoms with E-state index in [4.69, 9.17) is 17.3 Å². The van der Waals surface area contributed by atoms with Gasteiger partial charge in [-0.1, -0.05) is 24.9 Å². The molecule has 194 valence electrons. The predicted octanol–water partition coefficient (Wildman–Crippen LogP) is 1.38. The number of rotatable bonds is 6. The molecule has 3 aliphatic rings. The van der Waals surface area contributed by atoms with Gasteiger partial charge in [0.1, 0.15) is 22.2 Å². The summed E-state index contributed by atoms with van der Waals surface area (Å²) in [4.78, 5) is 44.7. The van der Waals surface area contributed by atoms with Gasteiger partial charge in [0.05, 0.1) is 11.6 Å². The number of ketones is 2. The number of hydrogen-bond acceptors (Lipinski definition) is 10. The molecule has 3 aliphatic carbocycles. The van der Waals surface area contributed by atoms with Crippen molar-refractivity contribution < 1.29 is 34.8 Å². The van der Waals surface area contributed by atoms with Gasteiger partial charge in [0.15, 0.2) is 23.0 Å². The molecule has 1 heterocycles. The van der Waals surface area contributed by atoms with Gasteiger partial charge >= 0.3 is 0 Å². The van der Waals surface area contributed by atoms with Crippen LogP contribution in [0.1, 0.15) is 42.1 Å². The highest BCUT2D eigenvalue weighted by Gasteiger charge is 2.63. The van der Waals surface area contributed by atoms with E-state index in [1.54, 1.807) is 14.1 Å². The monoisotopic (exact) mass is 520 g/mol. The van der Waals surface area contributed by atoms with Crippen molar-refractivity contribution in [1.29, 1.82) is 0 Å². The quantitative estimate of drug-likeness (QED) is 0.182. The number of unbranched alkanes of at least 4 members (excludes halogenated alkanes) is 1. The minimum absolute atomic E-state index is 0.0109. The zero-order valence-electron chi connectivity index (χ0n) is 20.1. The Morgan fingerprint density at radius 1 is 1.28 bits per heavy atom. The van der Waals surface area contributed by atoms with Gasteiger partial charge in [0, 0.05) is 23.6 Å². The third kappa shape index (κ3) is 3.56. The first kappa shape index (κ1) is 25.9. The van der Waals surface area contributed by atoms with Crippen LogP contribution in [0.3, 0.4) is 0 Å². The number of carbonyl (C=O) groups excluding carboxylic acids is 3. The first-order valence-corrected chi connectivity index (χ1v) is 12.1. The Kier molecular flexibility index (Phi) is 6.52. The minimum Gasteiger partial charge on any atom is -0.510 e. The standard InChI is InChI=1S/C24H29ClN4O7/c1-4-5-6-27-23-18(32)13-10(21(25)28-23)7-9-8-11-15(29(2)3)17(31)14(22(26)35)20(34)24(11,36)19(33)12(9)16(13)30/h9,11,15,31-33,36H,4-8H2,1-3H3,(H2,26,35)(H,27,28)/t9-,11-,15-,24-/m0/s1. The number of fused-ring (bicyclic) bond motifs is 3. The van der Waals surface area contributed by atoms with Crippen LogP contribution in [0.25, 0.3) is 0 Å². The van der Waals surface area contributed by atoms with E-state index in [1.165, 1.54) is 4.90 Å². The molecule has 0 radical (unpaired) electrons. The van der Waals surface area contributed by atoms with Crippen molar-refractivity contribution in [2.24, 2.45) is 17.6 Å². The lowest BCUT2D eigenvalue weighted by molar-refractivity contribution is -0.148. The molecular weight excluding hydrogens is 492 g/mol. The van der Waals surface area contributed by atoms with Crippen LogP contribution < -0.4 is 11.1 Å². The molecule has 7 N–H and O–H groups in total. The lowest BCUT2D eigenvalue weighted by atomic mass is 9.58. The Morgan fingerprint density at radius 3 is 2.53 bits per heavy atom. The fraction of sp³-hybridized carbons (Fsp3) is 0.500. The maximum Gasteiger partial charge on any atom is 0.255 e. The lowest BCUT2D eigenvalue weighted by Gasteiger charge is -2.50. The van der Waals surface area contributed by atoms with Crippen molar-refractivity contribution in [2.45, 2.75) is 44.2 Å². The van der Waals surface area contributed by atoms with Crippen LogP contribution in [-0.2, 0) is 16.0 Å². The number of pyridine rings is 1. The molecule has 1 aromatic rings. The molecule has 12 heteroatoms. The normalized spacial score (nSPS) is 27.7. The van der Waals surface area contributed by atoms with Gasteiger partial charge in [-0.15, -0.1) is 0 Å². The van der Waals surface area contributed by atoms with Crippen LogP contribution in [0.2, 0.25) is 5.15 Å². The Morgan fingerprint density at radius 2 is 1.94 bits per heavy atom. The summed E-state index contributed by atoms with van der Waals surface area (Å²) in [5, 5.41) is 47.5. The number of amides is 1. The number of aliphatic hydroxyl groups excluding tert-OH is 2. The number of likely N-dealkylation sites (N-methyl/N-ethyl adjacent to an activating group) is 1. The zero-order valence-corrected chi connectivity index (χ0v) is 20.9. The third-order valence-corrected chi connectivity index (χ3v) is 7.67. The van der Waals surface area contributed by atoms with Gasteiger partial charge in [-0.2, -0.15) is 0 Å². The van der Waals surface area contributed by atoms with E-state index in [-0.39, 0.29) is 40.5 Å². The molecule has 1 aromatic heterocycles. The fourth-order valence-electron chi connectivity index (χ4n) is 5.67. The second-order valence-corrected chi connectivity index (χ2v) is 10.1. The molecule has 0 unspecified atom stereocenters. The maximum absolute atomic E-state index is 13.7. The number of hydrogen-bond donors (Lipinski definition) is 6. The second-order valence-electron chi connectivity index (χ2n) is 9.70. The summed E-state index contributed by atoms with van der Waals surface area (Å²) >= 11 is 6.41. The van der Waals surface area contributed by atoms with Crippen molar-refractivity contribution in [1.82, 2.24) is 9.88 Å². The number of aliphatic hydroxyl groups is 3. The summed E-state index contributed by atoms with van der Waals surface area (Å²) in [5.41, 5.74) is 1.67. The van der Waals surface area contributed by atoms with E-state index in [2.05, 4.69) is 10.3 Å². The van der Waals surface area contributed by atoms with Gasteiger partial charge in [0.25, 0.3) is 5.91 Å². The molecule has 0 bridgehead atoms. The molecule has 4 rings (SSSR count). The van der Waals surface area contributed by atoms with Gasteiger partial charge < -0.3 is 31.5 Å². The van der Waals surface area contributed by atoms with E-state index >= 15 is 0 Å². The molecule has 0 aliphatic heterocycles. The molecule has 0 spiro atoms. The van der Waals surface area contributed by atoms with Crippen molar-refractivity contribution in [3.8, 4) is 5.75 Å². The second kappa shape index (κ2) is 9.06. The van der Waals surface area contributed by atoms with Crippen molar-refractivity contribution in [3.63, 3.8) is 0 Å². The molecule has 1 amide bonds. The minimum atomic E-state index is -2.68. The van der Waals surface area contributed by atoms with Gasteiger partial charge in [0.2, 0.25) is 5.78 Å². The van der Waals surface area contributed by atoms with E-state index in [0.717, 1.165) is 12.8 Å². The van der Waals surface area contributed by atoms with Crippen LogP contribution in [-0.4, -0.2) is 80.1 Å². The number of halogens is 1. The van der Waals surface area contributed by atoms with Crippen molar-refractivity contribution in [3.05, 3.63) is 38.9 Å². The third-order valence-electron chi connectivity index (χ3n) is 7.36. The molecule has 0 saturated carbocycles. The molecule has 0 aromatic carbocycles. The summed E-state index contributed by atoms with van der Waals surface area (Å²) in [5.74, 6) is -7.13. The molecule has 36 heavy (non-hydrogen) atoms. The summed E-state index contributed by atoms with van der Waals surface area (Å²) in [7, 11) is 3.14. The number of aromatic hydroxyl groups is 1. The SMILES string of the molecule is CCCCNc1nc(Cl)c2c(c1O)C(=O)C1=C(O)[C@]3(O)C(=O)C(C(N)=O)=C(O)[C@@H](N(C)C)[C@@H]3C[C@@H]1C2. The van der Waals surface area contributed by atoms with Crippen LogP contribution in [0.4, 0.5) is 5.82 Å². The van der Waals surface area contributed by atoms with Crippen LogP contribution in [0.5, 0.6) is 5.75 Å². The number of allylic oxidation sites excluding steroid dienone is 1. The summed E-state index contributed by atoms with van der Waals surface area (Å²) in [6, 6.07) is -1.05. The highest BCUT2D eigenvalue weighted by molar-refractivity contribution is 6.32. The Bertz CT molecular complexity index is 1240. The lowest BCUT2D eigenvalue weighted by Crippen LogP contribution is -2.63. The van der Waals surface area contributed by atoms with Gasteiger partial charge in [-0.05, 0) is 39.3 Å². The summed E-state index contributed by atoms with van der Waals surface area (Å²) in [6.45, 7) is 2.46. The number of nitrogens with zero attached hydrogens (tertiary/aromatic N) is 2. The molecule has 0 saturated heterocycles. The highest BCUT2D eigenvalue weighted by Crippen LogP contribution is 2.53. The molecule has 4 atom stereocenters. The first-order chi connectivity index (χ1) is 16.9. The van der Waals surface area contributed by atoms with Crippen molar-refractivity contribution in [2.75, 3.05) is 26.0 Å². The number of nitrogens with one attached hydrogen (secondary N) is 1. The smallest absolute Gasteiger partial charge is 0.255 e. The first-order valence-electron chi connectivity index (χ1n) is 11.7. The van der Waals surface area contributed by atoms with Gasteiger partial charge in [-0.25, -0.2) is 4.98 Å². The number of aromatic nitrogens is 1. The number of anilines is 1. The number of nitrogens with two attached hydrogens (primary N) is 1. The summed E-state index contributed by atoms with van der Waals surface area (Å²) in [6.07, 6.45) is 1.74. The molecular formula is C24H29ClN4O7. The average Bonchev–Trinajstić information content (AvgIpc) is 2.79. The van der Waals surface area contributed by atoms with Crippen LogP contribution >= 0.6 is 11.6 Å². The van der Waals surface area contributed by atoms with Crippen LogP contribution in [0.15, 0.2) is 22.7 Å². The zero-order chi connectivity index (χ0) is 26.7. The topological polar surface area (TPSA) is 186 Å². The number of carbonyl (C=O) groups is 3. The molecule has 0 fully saturated rings. The number of Topliss-reactive ketones (excluding diaryl/α,β-unsaturated/α-hetero) is 2. The Hall–Kier alpha value is -3.15. The van der Waals surface area contributed by atoms with E-state index in [9.17, 15) is 34.8 Å². The number of primary amides is 1. The average molecular weight is 521 g/mol. The van der Waals surface area contributed by atoms with Crippen molar-refractivity contribution >= 4 is 34.9 Å². The maximum atomic E-state index is 13.7. The highest BCUT2D eigenvalue weighted by atomic mass is 35.5. The molecule has 11 nitrogen and oxygen atoms in total. The predicted molar refractivity (Wildman–Crippen MR) is 130 cm³/mol. The Labute approximate surface area is 212 Å².